The van der Waals surface area contributed by atoms with Crippen molar-refractivity contribution < 1.29 is 4.92 Å². The minimum Gasteiger partial charge on any atom is -0.370 e. The Kier molecular flexibility index (Phi) is 4.58. The van der Waals surface area contributed by atoms with Crippen molar-refractivity contribution in [1.82, 2.24) is 0 Å². The van der Waals surface area contributed by atoms with Gasteiger partial charge in [0.2, 0.25) is 0 Å². The van der Waals surface area contributed by atoms with Gasteiger partial charge in [0.1, 0.15) is 0 Å². The van der Waals surface area contributed by atoms with E-state index in [2.05, 4.69) is 21.4 Å². The molecule has 3 N–H and O–H groups in total. The van der Waals surface area contributed by atoms with E-state index in [0.29, 0.717) is 12.2 Å². The van der Waals surface area contributed by atoms with Crippen molar-refractivity contribution in [2.45, 2.75) is 6.54 Å². The molecule has 1 aromatic heterocycles. The fourth-order valence-electron chi connectivity index (χ4n) is 1.80. The van der Waals surface area contributed by atoms with Gasteiger partial charge in [-0.2, -0.15) is 0 Å². The largest absolute Gasteiger partial charge is 0.370 e. The molecule has 8 heteroatoms. The third kappa shape index (κ3) is 3.47. The average molecular weight is 357 g/mol. The van der Waals surface area contributed by atoms with Crippen LogP contribution in [-0.4, -0.2) is 12.0 Å². The number of non-ortho nitro benzene ring substituents is 1. The SMILES string of the molecule is CN(Cc1csc(Br)c1)c1cc(NN)cc([N+](=O)[O-])c1. The summed E-state index contributed by atoms with van der Waals surface area (Å²) in [6, 6.07) is 6.73. The molecule has 0 bridgehead atoms. The molecule has 1 aromatic carbocycles. The first-order chi connectivity index (χ1) is 9.49. The highest BCUT2D eigenvalue weighted by atomic mass is 79.9. The molecule has 0 aliphatic heterocycles. The Balaban J connectivity index is 2.26. The van der Waals surface area contributed by atoms with E-state index in [0.717, 1.165) is 15.0 Å². The summed E-state index contributed by atoms with van der Waals surface area (Å²) in [5, 5.41) is 13.0. The number of hydrazine groups is 1. The molecule has 1 heterocycles. The van der Waals surface area contributed by atoms with Crippen LogP contribution in [-0.2, 0) is 6.54 Å². The molecule has 20 heavy (non-hydrogen) atoms. The smallest absolute Gasteiger partial charge is 0.273 e. The van der Waals surface area contributed by atoms with Gasteiger partial charge >= 0.3 is 0 Å². The number of nitrogens with one attached hydrogen (secondary N) is 1. The lowest BCUT2D eigenvalue weighted by Crippen LogP contribution is -2.17. The van der Waals surface area contributed by atoms with Crippen molar-refractivity contribution in [3.8, 4) is 0 Å². The van der Waals surface area contributed by atoms with Crippen LogP contribution in [0.2, 0.25) is 0 Å². The molecule has 2 aromatic rings. The summed E-state index contributed by atoms with van der Waals surface area (Å²) in [4.78, 5) is 12.4. The number of hydrogen-bond donors (Lipinski definition) is 2. The van der Waals surface area contributed by atoms with Gasteiger partial charge in [-0.1, -0.05) is 0 Å². The zero-order chi connectivity index (χ0) is 14.7. The van der Waals surface area contributed by atoms with Crippen LogP contribution < -0.4 is 16.2 Å². The topological polar surface area (TPSA) is 84.4 Å². The Labute approximate surface area is 128 Å². The second-order valence-corrected chi connectivity index (χ2v) is 6.55. The maximum atomic E-state index is 10.9. The van der Waals surface area contributed by atoms with E-state index in [9.17, 15) is 10.1 Å². The van der Waals surface area contributed by atoms with Gasteiger partial charge < -0.3 is 10.3 Å². The summed E-state index contributed by atoms with van der Waals surface area (Å²) in [5.41, 5.74) is 4.83. The van der Waals surface area contributed by atoms with E-state index >= 15 is 0 Å². The zero-order valence-corrected chi connectivity index (χ0v) is 13.1. The molecular formula is C12H13BrN4O2S. The van der Waals surface area contributed by atoms with E-state index in [1.807, 2.05) is 23.4 Å². The second kappa shape index (κ2) is 6.21. The number of thiophene rings is 1. The van der Waals surface area contributed by atoms with Crippen molar-refractivity contribution in [3.63, 3.8) is 0 Å². The predicted molar refractivity (Wildman–Crippen MR) is 85.0 cm³/mol. The van der Waals surface area contributed by atoms with Gasteiger partial charge in [0.25, 0.3) is 5.69 Å². The quantitative estimate of drug-likeness (QED) is 0.487. The Morgan fingerprint density at radius 1 is 1.45 bits per heavy atom. The van der Waals surface area contributed by atoms with Crippen molar-refractivity contribution in [1.29, 1.82) is 0 Å². The summed E-state index contributed by atoms with van der Waals surface area (Å²) >= 11 is 5.02. The fraction of sp³-hybridized carbons (Fsp3) is 0.167. The molecular weight excluding hydrogens is 344 g/mol. The maximum absolute atomic E-state index is 10.9. The first kappa shape index (κ1) is 14.8. The van der Waals surface area contributed by atoms with Crippen molar-refractivity contribution >= 4 is 44.3 Å². The normalized spacial score (nSPS) is 10.3. The van der Waals surface area contributed by atoms with E-state index in [4.69, 9.17) is 5.84 Å². The van der Waals surface area contributed by atoms with E-state index in [1.165, 1.54) is 12.1 Å². The molecule has 0 amide bonds. The highest BCUT2D eigenvalue weighted by Crippen LogP contribution is 2.28. The predicted octanol–water partition coefficient (Wildman–Crippen LogP) is 3.34. The number of nitro groups is 1. The van der Waals surface area contributed by atoms with Crippen LogP contribution >= 0.6 is 27.3 Å². The average Bonchev–Trinajstić information content (AvgIpc) is 2.83. The lowest BCUT2D eigenvalue weighted by Gasteiger charge is -2.19. The van der Waals surface area contributed by atoms with Crippen LogP contribution in [0.3, 0.4) is 0 Å². The molecule has 0 saturated heterocycles. The molecule has 0 unspecified atom stereocenters. The monoisotopic (exact) mass is 356 g/mol. The Morgan fingerprint density at radius 2 is 2.20 bits per heavy atom. The summed E-state index contributed by atoms with van der Waals surface area (Å²) in [6.07, 6.45) is 0. The highest BCUT2D eigenvalue weighted by molar-refractivity contribution is 9.11. The third-order valence-electron chi connectivity index (χ3n) is 2.76. The van der Waals surface area contributed by atoms with Gasteiger partial charge in [-0.25, -0.2) is 0 Å². The molecule has 106 valence electrons. The van der Waals surface area contributed by atoms with Crippen LogP contribution in [0.15, 0.2) is 33.4 Å². The fourth-order valence-corrected chi connectivity index (χ4v) is 3.00. The van der Waals surface area contributed by atoms with Gasteiger partial charge in [-0.15, -0.1) is 11.3 Å². The molecule has 0 fully saturated rings. The van der Waals surface area contributed by atoms with Crippen LogP contribution in [0.4, 0.5) is 17.1 Å². The van der Waals surface area contributed by atoms with Crippen LogP contribution in [0.25, 0.3) is 0 Å². The molecule has 0 saturated carbocycles. The van der Waals surface area contributed by atoms with Gasteiger partial charge in [0, 0.05) is 31.4 Å². The van der Waals surface area contributed by atoms with Gasteiger partial charge in [0.15, 0.2) is 0 Å². The molecule has 0 aliphatic rings. The summed E-state index contributed by atoms with van der Waals surface area (Å²) in [5.74, 6) is 5.35. The first-order valence-electron chi connectivity index (χ1n) is 5.69. The van der Waals surface area contributed by atoms with E-state index in [1.54, 1.807) is 17.4 Å². The first-order valence-corrected chi connectivity index (χ1v) is 7.37. The third-order valence-corrected chi connectivity index (χ3v) is 4.32. The van der Waals surface area contributed by atoms with E-state index < -0.39 is 4.92 Å². The second-order valence-electron chi connectivity index (χ2n) is 4.25. The molecule has 0 atom stereocenters. The van der Waals surface area contributed by atoms with E-state index in [-0.39, 0.29) is 5.69 Å². The Bertz CT molecular complexity index is 632. The number of halogens is 1. The van der Waals surface area contributed by atoms with Crippen molar-refractivity contribution in [2.24, 2.45) is 5.84 Å². The van der Waals surface area contributed by atoms with Crippen LogP contribution in [0.1, 0.15) is 5.56 Å². The molecule has 0 radical (unpaired) electrons. The number of nitro benzene ring substituents is 1. The lowest BCUT2D eigenvalue weighted by molar-refractivity contribution is -0.384. The minimum absolute atomic E-state index is 0.00815. The standard InChI is InChI=1S/C12H13BrN4O2S/c1-16(6-8-2-12(13)20-7-8)10-3-9(15-14)4-11(5-10)17(18)19/h2-5,7,15H,6,14H2,1H3. The Morgan fingerprint density at radius 3 is 2.75 bits per heavy atom. The highest BCUT2D eigenvalue weighted by Gasteiger charge is 2.12. The zero-order valence-electron chi connectivity index (χ0n) is 10.7. The number of nitrogens with two attached hydrogens (primary N) is 1. The number of benzene rings is 1. The molecule has 0 spiro atoms. The number of rotatable bonds is 5. The van der Waals surface area contributed by atoms with Gasteiger partial charge in [-0.3, -0.25) is 16.0 Å². The van der Waals surface area contributed by atoms with Crippen molar-refractivity contribution in [3.05, 3.63) is 49.1 Å². The summed E-state index contributed by atoms with van der Waals surface area (Å²) < 4.78 is 1.06. The number of nitrogen functional groups attached to an aromatic ring is 1. The number of hydrogen-bond acceptors (Lipinski definition) is 6. The van der Waals surface area contributed by atoms with Crippen molar-refractivity contribution in [2.75, 3.05) is 17.4 Å². The van der Waals surface area contributed by atoms with Gasteiger partial charge in [-0.05, 0) is 39.0 Å². The summed E-state index contributed by atoms with van der Waals surface area (Å²) in [7, 11) is 1.88. The van der Waals surface area contributed by atoms with Crippen LogP contribution in [0.5, 0.6) is 0 Å². The lowest BCUT2D eigenvalue weighted by atomic mass is 10.2. The molecule has 0 aliphatic carbocycles. The molecule has 6 nitrogen and oxygen atoms in total. The summed E-state index contributed by atoms with van der Waals surface area (Å²) in [6.45, 7) is 0.660. The maximum Gasteiger partial charge on any atom is 0.273 e. The van der Waals surface area contributed by atoms with Gasteiger partial charge in [0.05, 0.1) is 14.4 Å². The number of anilines is 2. The number of nitrogens with zero attached hydrogens (tertiary/aromatic N) is 2. The Hall–Kier alpha value is -1.64. The molecule has 2 rings (SSSR count). The minimum atomic E-state index is -0.431. The van der Waals surface area contributed by atoms with Crippen LogP contribution in [0, 0.1) is 10.1 Å².